The first-order valence-electron chi connectivity index (χ1n) is 6.94. The van der Waals surface area contributed by atoms with Crippen molar-refractivity contribution in [2.45, 2.75) is 24.6 Å². The lowest BCUT2D eigenvalue weighted by molar-refractivity contribution is 0.900. The molecular formula is C16H17N5S2. The second kappa shape index (κ2) is 7.99. The Morgan fingerprint density at radius 1 is 1.30 bits per heavy atom. The lowest BCUT2D eigenvalue weighted by Gasteiger charge is -2.09. The van der Waals surface area contributed by atoms with Crippen LogP contribution >= 0.6 is 23.5 Å². The summed E-state index contributed by atoms with van der Waals surface area (Å²) in [4.78, 5) is 0. The molecule has 5 nitrogen and oxygen atoms in total. The van der Waals surface area contributed by atoms with E-state index < -0.39 is 0 Å². The molecule has 0 unspecified atom stereocenters. The Hall–Kier alpha value is -2.04. The second-order valence-electron chi connectivity index (χ2n) is 4.91. The Bertz CT molecular complexity index is 768. The van der Waals surface area contributed by atoms with Crippen LogP contribution in [0.4, 0.5) is 5.69 Å². The molecule has 1 aromatic carbocycles. The summed E-state index contributed by atoms with van der Waals surface area (Å²) in [6.45, 7) is 3.84. The summed E-state index contributed by atoms with van der Waals surface area (Å²) in [5.74, 6) is 0.586. The van der Waals surface area contributed by atoms with Gasteiger partial charge in [-0.25, -0.2) is 0 Å². The fraction of sp³-hybridized carbons (Fsp3) is 0.250. The van der Waals surface area contributed by atoms with E-state index in [1.165, 1.54) is 23.5 Å². The Labute approximate surface area is 144 Å². The molecule has 0 atom stereocenters. The third-order valence-electron chi connectivity index (χ3n) is 3.09. The zero-order valence-corrected chi connectivity index (χ0v) is 14.8. The molecule has 0 aliphatic rings. The van der Waals surface area contributed by atoms with Crippen molar-refractivity contribution in [3.05, 3.63) is 46.6 Å². The molecular weight excluding hydrogens is 326 g/mol. The van der Waals surface area contributed by atoms with Gasteiger partial charge in [-0.3, -0.25) is 5.41 Å². The molecule has 1 aromatic heterocycles. The molecule has 7 heteroatoms. The third kappa shape index (κ3) is 4.71. The number of nitrogens with one attached hydrogen (secondary N) is 2. The van der Waals surface area contributed by atoms with Crippen molar-refractivity contribution in [2.24, 2.45) is 0 Å². The summed E-state index contributed by atoms with van der Waals surface area (Å²) in [5, 5.41) is 29.2. The maximum Gasteiger partial charge on any atom is 0.149 e. The Morgan fingerprint density at radius 2 is 2.09 bits per heavy atom. The van der Waals surface area contributed by atoms with E-state index in [0.29, 0.717) is 20.7 Å². The van der Waals surface area contributed by atoms with Crippen molar-refractivity contribution in [3.63, 3.8) is 0 Å². The van der Waals surface area contributed by atoms with Gasteiger partial charge in [0.15, 0.2) is 0 Å². The van der Waals surface area contributed by atoms with E-state index in [0.717, 1.165) is 22.5 Å². The van der Waals surface area contributed by atoms with Crippen LogP contribution in [0.15, 0.2) is 29.3 Å². The highest BCUT2D eigenvalue weighted by Gasteiger charge is 2.11. The maximum absolute atomic E-state index is 9.19. The number of rotatable bonds is 4. The van der Waals surface area contributed by atoms with Gasteiger partial charge in [-0.2, -0.15) is 10.4 Å². The largest absolute Gasteiger partial charge is 0.386 e. The molecule has 0 radical (unpaired) electrons. The van der Waals surface area contributed by atoms with Crippen LogP contribution in [-0.2, 0) is 5.75 Å². The fourth-order valence-electron chi connectivity index (χ4n) is 1.91. The molecule has 0 fully saturated rings. The number of benzene rings is 1. The predicted molar refractivity (Wildman–Crippen MR) is 97.1 cm³/mol. The van der Waals surface area contributed by atoms with E-state index in [4.69, 9.17) is 5.41 Å². The van der Waals surface area contributed by atoms with Crippen LogP contribution in [0.2, 0.25) is 0 Å². The van der Waals surface area contributed by atoms with Gasteiger partial charge in [0.05, 0.1) is 23.0 Å². The highest BCUT2D eigenvalue weighted by molar-refractivity contribution is 8.38. The van der Waals surface area contributed by atoms with E-state index in [1.807, 2.05) is 45.2 Å². The van der Waals surface area contributed by atoms with Gasteiger partial charge in [-0.15, -0.1) is 5.10 Å². The van der Waals surface area contributed by atoms with E-state index in [1.54, 1.807) is 0 Å². The van der Waals surface area contributed by atoms with Gasteiger partial charge >= 0.3 is 0 Å². The standard InChI is InChI=1S/C16H17N5S2/c1-10-4-5-12(13(6-10)8-17)9-22-16(18)23-15-14(19-3)7-11(2)20-21-15/h4-7,18H,9H2,1-3H3,(H,19,20). The monoisotopic (exact) mass is 343 g/mol. The third-order valence-corrected chi connectivity index (χ3v) is 5.09. The molecule has 2 aromatic rings. The average Bonchev–Trinajstić information content (AvgIpc) is 2.55. The number of hydrogen-bond acceptors (Lipinski definition) is 7. The van der Waals surface area contributed by atoms with Gasteiger partial charge in [0.2, 0.25) is 0 Å². The lowest BCUT2D eigenvalue weighted by atomic mass is 10.1. The highest BCUT2D eigenvalue weighted by Crippen LogP contribution is 2.31. The normalized spacial score (nSPS) is 10.2. The van der Waals surface area contributed by atoms with Crippen molar-refractivity contribution < 1.29 is 0 Å². The summed E-state index contributed by atoms with van der Waals surface area (Å²) in [5.41, 5.74) is 4.36. The Kier molecular flexibility index (Phi) is 6.02. The van der Waals surface area contributed by atoms with Gasteiger partial charge in [-0.05, 0) is 48.9 Å². The summed E-state index contributed by atoms with van der Waals surface area (Å²) in [6.07, 6.45) is 0. The smallest absolute Gasteiger partial charge is 0.149 e. The van der Waals surface area contributed by atoms with Crippen molar-refractivity contribution in [2.75, 3.05) is 12.4 Å². The molecule has 0 aliphatic heterocycles. The molecule has 0 saturated heterocycles. The number of aryl methyl sites for hydroxylation is 2. The molecule has 2 rings (SSSR count). The molecule has 1 heterocycles. The van der Waals surface area contributed by atoms with Crippen LogP contribution in [0.5, 0.6) is 0 Å². The van der Waals surface area contributed by atoms with Crippen LogP contribution in [0, 0.1) is 30.6 Å². The summed E-state index contributed by atoms with van der Waals surface area (Å²) in [7, 11) is 1.82. The van der Waals surface area contributed by atoms with E-state index in [9.17, 15) is 5.26 Å². The number of aromatic nitrogens is 2. The second-order valence-corrected chi connectivity index (χ2v) is 7.15. The number of nitriles is 1. The van der Waals surface area contributed by atoms with Gasteiger partial charge in [0, 0.05) is 12.8 Å². The van der Waals surface area contributed by atoms with Gasteiger partial charge in [0.25, 0.3) is 0 Å². The maximum atomic E-state index is 9.19. The zero-order chi connectivity index (χ0) is 16.8. The van der Waals surface area contributed by atoms with Crippen LogP contribution in [0.1, 0.15) is 22.4 Å². The van der Waals surface area contributed by atoms with Gasteiger partial charge < -0.3 is 5.32 Å². The zero-order valence-electron chi connectivity index (χ0n) is 13.2. The van der Waals surface area contributed by atoms with Gasteiger partial charge in [0.1, 0.15) is 9.40 Å². The Balaban J connectivity index is 2.03. The topological polar surface area (TPSA) is 85.5 Å². The average molecular weight is 343 g/mol. The van der Waals surface area contributed by atoms with Crippen molar-refractivity contribution >= 4 is 33.6 Å². The van der Waals surface area contributed by atoms with Gasteiger partial charge in [-0.1, -0.05) is 23.9 Å². The first kappa shape index (κ1) is 17.3. The molecule has 118 valence electrons. The molecule has 0 bridgehead atoms. The highest BCUT2D eigenvalue weighted by atomic mass is 32.2. The van der Waals surface area contributed by atoms with Crippen molar-refractivity contribution in [1.82, 2.24) is 10.2 Å². The van der Waals surface area contributed by atoms with Crippen LogP contribution < -0.4 is 5.32 Å². The number of thioether (sulfide) groups is 2. The van der Waals surface area contributed by atoms with E-state index in [-0.39, 0.29) is 0 Å². The number of anilines is 1. The minimum absolute atomic E-state index is 0.420. The first-order chi connectivity index (χ1) is 11.0. The molecule has 0 aliphatic carbocycles. The molecule has 0 saturated carbocycles. The number of hydrogen-bond donors (Lipinski definition) is 2. The summed E-state index contributed by atoms with van der Waals surface area (Å²) in [6, 6.07) is 9.92. The lowest BCUT2D eigenvalue weighted by Crippen LogP contribution is -1.99. The summed E-state index contributed by atoms with van der Waals surface area (Å²) < 4.78 is 0.420. The predicted octanol–water partition coefficient (Wildman–Crippen LogP) is 3.97. The minimum Gasteiger partial charge on any atom is -0.386 e. The molecule has 0 amide bonds. The van der Waals surface area contributed by atoms with E-state index in [2.05, 4.69) is 21.6 Å². The first-order valence-corrected chi connectivity index (χ1v) is 8.74. The van der Waals surface area contributed by atoms with Crippen LogP contribution in [0.25, 0.3) is 0 Å². The fourth-order valence-corrected chi connectivity index (χ4v) is 3.63. The molecule has 2 N–H and O–H groups in total. The Morgan fingerprint density at radius 3 is 2.78 bits per heavy atom. The van der Waals surface area contributed by atoms with Crippen molar-refractivity contribution in [3.8, 4) is 6.07 Å². The SMILES string of the molecule is CNc1cc(C)nnc1SC(=N)SCc1ccc(C)cc1C#N. The van der Waals surface area contributed by atoms with E-state index >= 15 is 0 Å². The minimum atomic E-state index is 0.420. The molecule has 23 heavy (non-hydrogen) atoms. The van der Waals surface area contributed by atoms with Crippen LogP contribution in [0.3, 0.4) is 0 Å². The van der Waals surface area contributed by atoms with Crippen molar-refractivity contribution in [1.29, 1.82) is 10.7 Å². The quantitative estimate of drug-likeness (QED) is 0.496. The van der Waals surface area contributed by atoms with Crippen LogP contribution in [-0.4, -0.2) is 21.6 Å². The molecule has 0 spiro atoms. The summed E-state index contributed by atoms with van der Waals surface area (Å²) >= 11 is 2.65. The number of nitrogens with zero attached hydrogens (tertiary/aromatic N) is 3.